The highest BCUT2D eigenvalue weighted by molar-refractivity contribution is 5.94. The van der Waals surface area contributed by atoms with Crippen LogP contribution >= 0.6 is 0 Å². The second-order valence-corrected chi connectivity index (χ2v) is 6.37. The number of amides is 1. The molecule has 0 spiro atoms. The van der Waals surface area contributed by atoms with Crippen LogP contribution in [0.15, 0.2) is 30.5 Å². The molecule has 3 aromatic rings. The maximum absolute atomic E-state index is 12.7. The lowest BCUT2D eigenvalue weighted by Crippen LogP contribution is -2.42. The van der Waals surface area contributed by atoms with E-state index < -0.39 is 0 Å². The topological polar surface area (TPSA) is 66.8 Å². The number of hydrogen-bond donors (Lipinski definition) is 1. The van der Waals surface area contributed by atoms with Crippen molar-refractivity contribution in [2.24, 2.45) is 0 Å². The van der Waals surface area contributed by atoms with Gasteiger partial charge in [0.1, 0.15) is 6.04 Å². The molecule has 0 saturated carbocycles. The van der Waals surface area contributed by atoms with Gasteiger partial charge in [-0.05, 0) is 25.8 Å². The maximum atomic E-state index is 12.7. The lowest BCUT2D eigenvalue weighted by molar-refractivity contribution is -0.137. The summed E-state index contributed by atoms with van der Waals surface area (Å²) < 4.78 is 2.03. The Morgan fingerprint density at radius 3 is 3.04 bits per heavy atom. The zero-order valence-electron chi connectivity index (χ0n) is 12.9. The van der Waals surface area contributed by atoms with E-state index in [0.29, 0.717) is 0 Å². The lowest BCUT2D eigenvalue weighted by atomic mass is 10.1. The van der Waals surface area contributed by atoms with Crippen LogP contribution < -0.4 is 0 Å². The van der Waals surface area contributed by atoms with Crippen molar-refractivity contribution in [3.8, 4) is 11.4 Å². The summed E-state index contributed by atoms with van der Waals surface area (Å²) in [5.74, 6) is 1.89. The molecular formula is C17H17N5O. The van der Waals surface area contributed by atoms with E-state index in [1.165, 1.54) is 0 Å². The molecule has 6 nitrogen and oxygen atoms in total. The minimum Gasteiger partial charge on any atom is -0.360 e. The molecule has 1 saturated heterocycles. The Labute approximate surface area is 133 Å². The van der Waals surface area contributed by atoms with Gasteiger partial charge in [0.15, 0.2) is 11.6 Å². The van der Waals surface area contributed by atoms with Crippen molar-refractivity contribution in [3.05, 3.63) is 36.3 Å². The minimum atomic E-state index is -0.252. The zero-order chi connectivity index (χ0) is 15.6. The quantitative estimate of drug-likeness (QED) is 0.751. The van der Waals surface area contributed by atoms with Crippen LogP contribution in [0, 0.1) is 0 Å². The van der Waals surface area contributed by atoms with E-state index in [0.717, 1.165) is 47.5 Å². The van der Waals surface area contributed by atoms with Gasteiger partial charge in [-0.3, -0.25) is 9.36 Å². The predicted octanol–water partition coefficient (Wildman–Crippen LogP) is 2.66. The summed E-state index contributed by atoms with van der Waals surface area (Å²) in [6, 6.07) is 7.97. The van der Waals surface area contributed by atoms with Gasteiger partial charge in [-0.25, -0.2) is 0 Å². The maximum Gasteiger partial charge on any atom is 0.246 e. The van der Waals surface area contributed by atoms with Crippen molar-refractivity contribution >= 4 is 16.8 Å². The average molecular weight is 307 g/mol. The first kappa shape index (κ1) is 12.9. The van der Waals surface area contributed by atoms with Crippen LogP contribution in [-0.4, -0.2) is 37.1 Å². The summed E-state index contributed by atoms with van der Waals surface area (Å²) in [6.45, 7) is 2.78. The number of aromatic amines is 1. The average Bonchev–Trinajstić information content (AvgIpc) is 3.28. The molecule has 116 valence electrons. The SMILES string of the molecule is C[C@H]1C(=O)N2CCC[C@H]2c2nnc(-c3c[nH]c4ccccc34)n21. The Balaban J connectivity index is 1.74. The lowest BCUT2D eigenvalue weighted by Gasteiger charge is -2.34. The molecule has 2 aliphatic heterocycles. The smallest absolute Gasteiger partial charge is 0.246 e. The molecule has 6 heteroatoms. The molecule has 1 N–H and O–H groups in total. The van der Waals surface area contributed by atoms with E-state index in [1.807, 2.05) is 40.8 Å². The van der Waals surface area contributed by atoms with E-state index in [2.05, 4.69) is 21.2 Å². The van der Waals surface area contributed by atoms with E-state index in [1.54, 1.807) is 0 Å². The molecule has 1 fully saturated rings. The fourth-order valence-electron chi connectivity index (χ4n) is 4.00. The largest absolute Gasteiger partial charge is 0.360 e. The number of benzene rings is 1. The Bertz CT molecular complexity index is 924. The molecule has 0 bridgehead atoms. The van der Waals surface area contributed by atoms with Gasteiger partial charge >= 0.3 is 0 Å². The molecule has 0 radical (unpaired) electrons. The summed E-state index contributed by atoms with van der Waals surface area (Å²) in [7, 11) is 0. The summed E-state index contributed by atoms with van der Waals surface area (Å²) in [5, 5.41) is 10.0. The molecule has 4 heterocycles. The highest BCUT2D eigenvalue weighted by atomic mass is 16.2. The fraction of sp³-hybridized carbons (Fsp3) is 0.353. The van der Waals surface area contributed by atoms with Crippen LogP contribution in [0.1, 0.15) is 37.7 Å². The number of rotatable bonds is 1. The molecule has 2 atom stereocenters. The van der Waals surface area contributed by atoms with Crippen molar-refractivity contribution in [3.63, 3.8) is 0 Å². The van der Waals surface area contributed by atoms with Gasteiger partial charge in [-0.2, -0.15) is 0 Å². The van der Waals surface area contributed by atoms with Gasteiger partial charge in [0.2, 0.25) is 5.91 Å². The number of nitrogens with one attached hydrogen (secondary N) is 1. The molecule has 23 heavy (non-hydrogen) atoms. The zero-order valence-corrected chi connectivity index (χ0v) is 12.9. The molecule has 1 amide bonds. The van der Waals surface area contributed by atoms with Crippen LogP contribution in [-0.2, 0) is 4.79 Å². The van der Waals surface area contributed by atoms with Crippen LogP contribution in [0.5, 0.6) is 0 Å². The van der Waals surface area contributed by atoms with E-state index in [9.17, 15) is 4.79 Å². The Morgan fingerprint density at radius 1 is 1.26 bits per heavy atom. The van der Waals surface area contributed by atoms with Crippen molar-refractivity contribution in [2.45, 2.75) is 31.8 Å². The van der Waals surface area contributed by atoms with Gasteiger partial charge in [0.05, 0.1) is 6.04 Å². The second kappa shape index (κ2) is 4.44. The first-order chi connectivity index (χ1) is 11.3. The first-order valence-electron chi connectivity index (χ1n) is 8.07. The van der Waals surface area contributed by atoms with Crippen molar-refractivity contribution in [2.75, 3.05) is 6.54 Å². The monoisotopic (exact) mass is 307 g/mol. The second-order valence-electron chi connectivity index (χ2n) is 6.37. The molecule has 0 aliphatic carbocycles. The summed E-state index contributed by atoms with van der Waals surface area (Å²) in [4.78, 5) is 17.9. The number of nitrogens with zero attached hydrogens (tertiary/aromatic N) is 4. The molecule has 2 aliphatic rings. The standard InChI is InChI=1S/C17H17N5O/c1-10-17(23)21-8-4-7-14(21)16-20-19-15(22(10)16)12-9-18-13-6-3-2-5-11(12)13/h2-3,5-6,9-10,14,18H,4,7-8H2,1H3/t10-,14-/m0/s1. The third-order valence-electron chi connectivity index (χ3n) is 5.13. The molecule has 5 rings (SSSR count). The Kier molecular flexibility index (Phi) is 2.48. The van der Waals surface area contributed by atoms with Gasteiger partial charge < -0.3 is 9.88 Å². The van der Waals surface area contributed by atoms with Crippen LogP contribution in [0.25, 0.3) is 22.3 Å². The first-order valence-corrected chi connectivity index (χ1v) is 8.07. The van der Waals surface area contributed by atoms with E-state index in [4.69, 9.17) is 0 Å². The number of carbonyl (C=O) groups is 1. The number of hydrogen-bond acceptors (Lipinski definition) is 3. The molecule has 1 aromatic carbocycles. The summed E-state index contributed by atoms with van der Waals surface area (Å²) in [6.07, 6.45) is 3.98. The van der Waals surface area contributed by atoms with E-state index in [-0.39, 0.29) is 18.0 Å². The Hall–Kier alpha value is -2.63. The van der Waals surface area contributed by atoms with Gasteiger partial charge in [-0.1, -0.05) is 18.2 Å². The molecule has 2 aromatic heterocycles. The Morgan fingerprint density at radius 2 is 2.13 bits per heavy atom. The van der Waals surface area contributed by atoms with Crippen LogP contribution in [0.3, 0.4) is 0 Å². The van der Waals surface area contributed by atoms with Crippen molar-refractivity contribution in [1.29, 1.82) is 0 Å². The summed E-state index contributed by atoms with van der Waals surface area (Å²) >= 11 is 0. The number of H-pyrrole nitrogens is 1. The number of fused-ring (bicyclic) bond motifs is 4. The van der Waals surface area contributed by atoms with Gasteiger partial charge in [0, 0.05) is 29.2 Å². The van der Waals surface area contributed by atoms with Crippen molar-refractivity contribution < 1.29 is 4.79 Å². The van der Waals surface area contributed by atoms with Crippen molar-refractivity contribution in [1.82, 2.24) is 24.6 Å². The normalized spacial score (nSPS) is 23.3. The third kappa shape index (κ3) is 1.60. The number of para-hydroxylation sites is 1. The van der Waals surface area contributed by atoms with Gasteiger partial charge in [-0.15, -0.1) is 10.2 Å². The summed E-state index contributed by atoms with van der Waals surface area (Å²) in [5.41, 5.74) is 2.07. The predicted molar refractivity (Wildman–Crippen MR) is 85.7 cm³/mol. The number of aromatic nitrogens is 4. The van der Waals surface area contributed by atoms with Crippen LogP contribution in [0.2, 0.25) is 0 Å². The van der Waals surface area contributed by atoms with Gasteiger partial charge in [0.25, 0.3) is 0 Å². The minimum absolute atomic E-state index is 0.0881. The highest BCUT2D eigenvalue weighted by Gasteiger charge is 2.42. The van der Waals surface area contributed by atoms with Crippen LogP contribution in [0.4, 0.5) is 0 Å². The fourth-order valence-corrected chi connectivity index (χ4v) is 4.00. The molecular weight excluding hydrogens is 290 g/mol. The number of carbonyl (C=O) groups excluding carboxylic acids is 1. The van der Waals surface area contributed by atoms with E-state index >= 15 is 0 Å². The molecule has 0 unspecified atom stereocenters. The highest BCUT2D eigenvalue weighted by Crippen LogP contribution is 2.41. The third-order valence-corrected chi connectivity index (χ3v) is 5.13.